The number of nitrogens with zero attached hydrogens (tertiary/aromatic N) is 3. The van der Waals surface area contributed by atoms with E-state index in [0.717, 1.165) is 36.2 Å². The summed E-state index contributed by atoms with van der Waals surface area (Å²) in [6, 6.07) is 11.8. The number of nitrogens with two attached hydrogens (primary N) is 1. The molecule has 1 heterocycles. The minimum absolute atomic E-state index is 0.209. The van der Waals surface area contributed by atoms with Gasteiger partial charge in [-0.3, -0.25) is 9.98 Å². The van der Waals surface area contributed by atoms with E-state index in [0.29, 0.717) is 68.9 Å². The maximum atomic E-state index is 11.3. The molecule has 1 fully saturated rings. The van der Waals surface area contributed by atoms with Crippen LogP contribution in [0.1, 0.15) is 43.9 Å². The molecule has 3 aromatic rings. The number of hydrogen-bond donors (Lipinski definition) is 3. The van der Waals surface area contributed by atoms with Crippen LogP contribution in [-0.4, -0.2) is 61.5 Å². The highest BCUT2D eigenvalue weighted by Gasteiger charge is 2.29. The summed E-state index contributed by atoms with van der Waals surface area (Å²) >= 11 is 13.9. The lowest BCUT2D eigenvalue weighted by atomic mass is 9.77. The molecule has 1 saturated carbocycles. The van der Waals surface area contributed by atoms with Gasteiger partial charge in [0.25, 0.3) is 0 Å². The Balaban J connectivity index is 1.47. The summed E-state index contributed by atoms with van der Waals surface area (Å²) in [7, 11) is 4.91. The minimum Gasteiger partial charge on any atom is -0.480 e. The summed E-state index contributed by atoms with van der Waals surface area (Å²) in [4.78, 5) is 24.8. The quantitative estimate of drug-likeness (QED) is 0.138. The molecule has 11 heteroatoms. The van der Waals surface area contributed by atoms with E-state index >= 15 is 0 Å². The Labute approximate surface area is 269 Å². The van der Waals surface area contributed by atoms with Crippen LogP contribution >= 0.6 is 23.2 Å². The number of aliphatic imine (C=N–C) groups is 1. The van der Waals surface area contributed by atoms with Crippen LogP contribution in [0.3, 0.4) is 0 Å². The molecule has 0 bridgehead atoms. The largest absolute Gasteiger partial charge is 0.480 e. The molecule has 0 radical (unpaired) electrons. The second-order valence-electron chi connectivity index (χ2n) is 10.8. The molecule has 44 heavy (non-hydrogen) atoms. The Morgan fingerprint density at radius 2 is 1.82 bits per heavy atom. The second kappa shape index (κ2) is 15.6. The van der Waals surface area contributed by atoms with Gasteiger partial charge in [0.15, 0.2) is 6.23 Å². The van der Waals surface area contributed by atoms with Crippen molar-refractivity contribution in [3.8, 4) is 28.3 Å². The lowest BCUT2D eigenvalue weighted by Crippen LogP contribution is -2.44. The number of hydrogen-bond acceptors (Lipinski definition) is 9. The Hall–Kier alpha value is -3.34. The van der Waals surface area contributed by atoms with Crippen LogP contribution in [0.2, 0.25) is 10.0 Å². The molecule has 4 N–H and O–H groups in total. The van der Waals surface area contributed by atoms with Gasteiger partial charge >= 0.3 is 0 Å². The van der Waals surface area contributed by atoms with E-state index in [1.165, 1.54) is 7.11 Å². The molecule has 2 aromatic carbocycles. The number of halogens is 2. The first kappa shape index (κ1) is 33.6. The molecule has 1 aromatic heterocycles. The van der Waals surface area contributed by atoms with E-state index in [-0.39, 0.29) is 12.3 Å². The molecule has 0 aliphatic heterocycles. The normalized spacial score (nSPS) is 17.1. The van der Waals surface area contributed by atoms with E-state index in [2.05, 4.69) is 32.2 Å². The first-order valence-electron chi connectivity index (χ1n) is 14.5. The number of ether oxygens (including phenoxy) is 2. The monoisotopic (exact) mass is 638 g/mol. The fourth-order valence-electron chi connectivity index (χ4n) is 5.50. The molecular formula is C33H40Cl2N6O3. The van der Waals surface area contributed by atoms with Gasteiger partial charge in [0.05, 0.1) is 34.8 Å². The van der Waals surface area contributed by atoms with Crippen molar-refractivity contribution in [3.63, 3.8) is 0 Å². The summed E-state index contributed by atoms with van der Waals surface area (Å²) in [5.74, 6) is 1.11. The van der Waals surface area contributed by atoms with Gasteiger partial charge in [-0.1, -0.05) is 66.2 Å². The van der Waals surface area contributed by atoms with Crippen LogP contribution in [0.15, 0.2) is 54.2 Å². The predicted octanol–water partition coefficient (Wildman–Crippen LogP) is 5.93. The molecule has 0 spiro atoms. The summed E-state index contributed by atoms with van der Waals surface area (Å²) in [5.41, 5.74) is 11.2. The van der Waals surface area contributed by atoms with Crippen LogP contribution in [0, 0.1) is 5.92 Å². The lowest BCUT2D eigenvalue weighted by molar-refractivity contribution is -0.118. The van der Waals surface area contributed by atoms with Gasteiger partial charge in [0.1, 0.15) is 11.5 Å². The molecule has 9 nitrogen and oxygen atoms in total. The van der Waals surface area contributed by atoms with E-state index in [4.69, 9.17) is 38.4 Å². The van der Waals surface area contributed by atoms with Crippen molar-refractivity contribution in [2.45, 2.75) is 51.4 Å². The molecule has 1 atom stereocenters. The smallest absolute Gasteiger partial charge is 0.237 e. The molecule has 234 valence electrons. The standard InChI is InChI=1S/C33H40Cl2N6O3/c1-19(42)14-21-15-22(16-21)38-13-12-27(37-3)32(43-4)40-20(2)23-8-6-9-24(30(23)34)25-10-7-11-26(31(25)35)29-18-39-28(17-36)33(41-29)44-5/h6-11,18,21-22,32,38,40H,2,12-17,36H2,1,3-5H3. The fourth-order valence-corrected chi connectivity index (χ4v) is 6.16. The summed E-state index contributed by atoms with van der Waals surface area (Å²) in [5, 5.41) is 7.88. The van der Waals surface area contributed by atoms with E-state index in [9.17, 15) is 4.79 Å². The number of benzene rings is 2. The van der Waals surface area contributed by atoms with Gasteiger partial charge in [0, 0.05) is 74.1 Å². The maximum absolute atomic E-state index is 11.3. The third kappa shape index (κ3) is 7.83. The Morgan fingerprint density at radius 1 is 1.14 bits per heavy atom. The highest BCUT2D eigenvalue weighted by atomic mass is 35.5. The number of carbonyl (C=O) groups is 1. The van der Waals surface area contributed by atoms with Gasteiger partial charge in [-0.25, -0.2) is 4.98 Å². The number of Topliss-reactive ketones (excluding diaryl/α,β-unsaturated/α-hetero) is 1. The van der Waals surface area contributed by atoms with E-state index < -0.39 is 6.23 Å². The summed E-state index contributed by atoms with van der Waals surface area (Å²) in [6.45, 7) is 6.89. The Kier molecular flexibility index (Phi) is 11.9. The van der Waals surface area contributed by atoms with E-state index in [1.54, 1.807) is 27.3 Å². The van der Waals surface area contributed by atoms with Gasteiger partial charge in [-0.05, 0) is 25.7 Å². The van der Waals surface area contributed by atoms with Crippen LogP contribution in [0.25, 0.3) is 28.1 Å². The van der Waals surface area contributed by atoms with Crippen molar-refractivity contribution in [1.82, 2.24) is 20.6 Å². The van der Waals surface area contributed by atoms with Crippen molar-refractivity contribution in [1.29, 1.82) is 0 Å². The second-order valence-corrected chi connectivity index (χ2v) is 11.6. The third-order valence-corrected chi connectivity index (χ3v) is 8.66. The average molecular weight is 640 g/mol. The first-order chi connectivity index (χ1) is 21.2. The molecule has 1 aliphatic carbocycles. The molecule has 0 saturated heterocycles. The van der Waals surface area contributed by atoms with Gasteiger partial charge in [-0.15, -0.1) is 0 Å². The molecule has 0 amide bonds. The molecule has 1 unspecified atom stereocenters. The first-order valence-corrected chi connectivity index (χ1v) is 15.3. The fraction of sp³-hybridized carbons (Fsp3) is 0.394. The van der Waals surface area contributed by atoms with Gasteiger partial charge in [-0.2, -0.15) is 0 Å². The van der Waals surface area contributed by atoms with E-state index in [1.807, 2.05) is 36.4 Å². The average Bonchev–Trinajstić information content (AvgIpc) is 3.00. The molecule has 1 aliphatic rings. The maximum Gasteiger partial charge on any atom is 0.237 e. The van der Waals surface area contributed by atoms with Crippen molar-refractivity contribution in [2.24, 2.45) is 16.6 Å². The third-order valence-electron chi connectivity index (χ3n) is 7.84. The molecular weight excluding hydrogens is 599 g/mol. The number of ketones is 1. The Morgan fingerprint density at radius 3 is 2.45 bits per heavy atom. The van der Waals surface area contributed by atoms with Crippen molar-refractivity contribution in [2.75, 3.05) is 27.8 Å². The topological polar surface area (TPSA) is 124 Å². The highest BCUT2D eigenvalue weighted by molar-refractivity contribution is 6.38. The number of rotatable bonds is 15. The van der Waals surface area contributed by atoms with Crippen molar-refractivity contribution in [3.05, 3.63) is 70.5 Å². The number of methoxy groups -OCH3 is 2. The van der Waals surface area contributed by atoms with Crippen LogP contribution in [0.4, 0.5) is 0 Å². The summed E-state index contributed by atoms with van der Waals surface area (Å²) in [6.07, 6.45) is 4.57. The van der Waals surface area contributed by atoms with Crippen molar-refractivity contribution >= 4 is 40.4 Å². The SMILES string of the molecule is C=C(NC(OC)C(CCNC1CC(CC(C)=O)C1)=NC)c1cccc(-c2cccc(-c3cnc(CN)c(OC)n3)c2Cl)c1Cl. The zero-order chi connectivity index (χ0) is 31.8. The van der Waals surface area contributed by atoms with Gasteiger partial charge < -0.3 is 30.6 Å². The molecule has 4 rings (SSSR count). The van der Waals surface area contributed by atoms with Crippen molar-refractivity contribution < 1.29 is 14.3 Å². The predicted molar refractivity (Wildman–Crippen MR) is 178 cm³/mol. The number of carbonyl (C=O) groups excluding carboxylic acids is 1. The van der Waals surface area contributed by atoms with Crippen LogP contribution in [0.5, 0.6) is 5.88 Å². The lowest BCUT2D eigenvalue weighted by Gasteiger charge is -2.35. The van der Waals surface area contributed by atoms with Crippen LogP contribution in [-0.2, 0) is 16.1 Å². The minimum atomic E-state index is -0.488. The van der Waals surface area contributed by atoms with Gasteiger partial charge in [0.2, 0.25) is 5.88 Å². The zero-order valence-corrected chi connectivity index (χ0v) is 27.1. The zero-order valence-electron chi connectivity index (χ0n) is 25.6. The Bertz CT molecular complexity index is 1520. The number of nitrogens with one attached hydrogen (secondary N) is 2. The number of aromatic nitrogens is 2. The summed E-state index contributed by atoms with van der Waals surface area (Å²) < 4.78 is 11.1. The van der Waals surface area contributed by atoms with Crippen LogP contribution < -0.4 is 21.1 Å². The highest BCUT2D eigenvalue weighted by Crippen LogP contribution is 2.41.